The molecule has 25 heavy (non-hydrogen) atoms. The highest BCUT2D eigenvalue weighted by Crippen LogP contribution is 2.35. The zero-order chi connectivity index (χ0) is 17.4. The van der Waals surface area contributed by atoms with E-state index in [2.05, 4.69) is 0 Å². The molecule has 0 radical (unpaired) electrons. The molecular formula is C20H21ClO4. The van der Waals surface area contributed by atoms with Gasteiger partial charge in [-0.25, -0.2) is 4.79 Å². The SMILES string of the molecule is O=C(Oc1cc2oc(=O)c3c(c2cc1Cl)CCCC3)C1CCCCC1. The van der Waals surface area contributed by atoms with Crippen LogP contribution in [0.5, 0.6) is 5.75 Å². The lowest BCUT2D eigenvalue weighted by atomic mass is 9.89. The minimum Gasteiger partial charge on any atom is -0.425 e. The number of ether oxygens (including phenoxy) is 1. The van der Waals surface area contributed by atoms with Crippen molar-refractivity contribution in [3.05, 3.63) is 38.7 Å². The van der Waals surface area contributed by atoms with E-state index in [4.69, 9.17) is 20.8 Å². The summed E-state index contributed by atoms with van der Waals surface area (Å²) in [5.41, 5.74) is 1.96. The molecule has 0 amide bonds. The molecule has 2 aromatic rings. The van der Waals surface area contributed by atoms with E-state index in [1.165, 1.54) is 6.42 Å². The molecule has 0 aliphatic heterocycles. The van der Waals surface area contributed by atoms with E-state index in [1.54, 1.807) is 12.1 Å². The highest BCUT2D eigenvalue weighted by Gasteiger charge is 2.25. The maximum Gasteiger partial charge on any atom is 0.339 e. The van der Waals surface area contributed by atoms with Gasteiger partial charge in [0.2, 0.25) is 0 Å². The molecular weight excluding hydrogens is 340 g/mol. The fourth-order valence-corrected chi connectivity index (χ4v) is 4.25. The molecule has 0 N–H and O–H groups in total. The van der Waals surface area contributed by atoms with Crippen molar-refractivity contribution in [1.82, 2.24) is 0 Å². The van der Waals surface area contributed by atoms with Crippen LogP contribution in [0.15, 0.2) is 21.3 Å². The summed E-state index contributed by atoms with van der Waals surface area (Å²) in [6, 6.07) is 3.36. The van der Waals surface area contributed by atoms with E-state index in [1.807, 2.05) is 0 Å². The van der Waals surface area contributed by atoms with Crippen LogP contribution in [0.3, 0.4) is 0 Å². The average Bonchev–Trinajstić information content (AvgIpc) is 2.64. The lowest BCUT2D eigenvalue weighted by Crippen LogP contribution is -2.23. The minimum atomic E-state index is -0.283. The number of carbonyl (C=O) groups is 1. The molecule has 0 unspecified atom stereocenters. The lowest BCUT2D eigenvalue weighted by molar-refractivity contribution is -0.139. The van der Waals surface area contributed by atoms with Gasteiger partial charge in [0, 0.05) is 17.0 Å². The van der Waals surface area contributed by atoms with Crippen LogP contribution in [-0.4, -0.2) is 5.97 Å². The highest BCUT2D eigenvalue weighted by molar-refractivity contribution is 6.33. The first-order valence-electron chi connectivity index (χ1n) is 9.13. The van der Waals surface area contributed by atoms with Gasteiger partial charge in [0.15, 0.2) is 5.75 Å². The van der Waals surface area contributed by atoms with Crippen LogP contribution in [0.2, 0.25) is 5.02 Å². The molecule has 5 heteroatoms. The Kier molecular flexibility index (Phi) is 4.55. The molecule has 0 bridgehead atoms. The maximum atomic E-state index is 12.4. The predicted molar refractivity (Wildman–Crippen MR) is 96.3 cm³/mol. The molecule has 4 nitrogen and oxygen atoms in total. The molecule has 0 spiro atoms. The Morgan fingerprint density at radius 1 is 1.04 bits per heavy atom. The first-order valence-corrected chi connectivity index (χ1v) is 9.51. The van der Waals surface area contributed by atoms with Gasteiger partial charge in [-0.05, 0) is 50.2 Å². The molecule has 132 valence electrons. The third-order valence-corrected chi connectivity index (χ3v) is 5.72. The molecule has 2 aliphatic rings. The van der Waals surface area contributed by atoms with Crippen molar-refractivity contribution in [3.8, 4) is 5.75 Å². The van der Waals surface area contributed by atoms with Crippen LogP contribution in [0.4, 0.5) is 0 Å². The summed E-state index contributed by atoms with van der Waals surface area (Å²) < 4.78 is 11.0. The van der Waals surface area contributed by atoms with E-state index >= 15 is 0 Å². The van der Waals surface area contributed by atoms with Crippen LogP contribution in [-0.2, 0) is 17.6 Å². The Hall–Kier alpha value is -1.81. The fourth-order valence-electron chi connectivity index (χ4n) is 4.05. The van der Waals surface area contributed by atoms with E-state index in [9.17, 15) is 9.59 Å². The smallest absolute Gasteiger partial charge is 0.339 e. The van der Waals surface area contributed by atoms with Crippen LogP contribution < -0.4 is 10.4 Å². The average molecular weight is 361 g/mol. The topological polar surface area (TPSA) is 56.5 Å². The van der Waals surface area contributed by atoms with Crippen molar-refractivity contribution in [2.45, 2.75) is 57.8 Å². The summed E-state index contributed by atoms with van der Waals surface area (Å²) in [6.45, 7) is 0. The van der Waals surface area contributed by atoms with Crippen molar-refractivity contribution < 1.29 is 13.9 Å². The largest absolute Gasteiger partial charge is 0.425 e. The third-order valence-electron chi connectivity index (χ3n) is 5.43. The summed E-state index contributed by atoms with van der Waals surface area (Å²) in [5, 5.41) is 1.25. The van der Waals surface area contributed by atoms with Gasteiger partial charge in [0.25, 0.3) is 0 Å². The first kappa shape index (κ1) is 16.6. The molecule has 1 saturated carbocycles. The summed E-state index contributed by atoms with van der Waals surface area (Å²) in [4.78, 5) is 24.6. The monoisotopic (exact) mass is 360 g/mol. The standard InChI is InChI=1S/C20H21ClO4/c21-16-10-15-13-8-4-5-9-14(13)20(23)24-17(15)11-18(16)25-19(22)12-6-2-1-3-7-12/h10-12H,1-9H2. The summed E-state index contributed by atoms with van der Waals surface area (Å²) in [6.07, 6.45) is 8.71. The van der Waals surface area contributed by atoms with Crippen LogP contribution in [0.25, 0.3) is 11.0 Å². The normalized spacial score (nSPS) is 18.1. The number of halogens is 1. The van der Waals surface area contributed by atoms with Crippen molar-refractivity contribution in [2.24, 2.45) is 5.92 Å². The predicted octanol–water partition coefficient (Wildman–Crippen LogP) is 4.81. The minimum absolute atomic E-state index is 0.0592. The number of carbonyl (C=O) groups excluding carboxylic acids is 1. The Bertz CT molecular complexity index is 877. The summed E-state index contributed by atoms with van der Waals surface area (Å²) in [7, 11) is 0. The van der Waals surface area contributed by atoms with Gasteiger partial charge in [-0.1, -0.05) is 30.9 Å². The second-order valence-corrected chi connectivity index (χ2v) is 7.50. The number of benzene rings is 1. The highest BCUT2D eigenvalue weighted by atomic mass is 35.5. The van der Waals surface area contributed by atoms with Gasteiger partial charge < -0.3 is 9.15 Å². The van der Waals surface area contributed by atoms with Crippen LogP contribution >= 0.6 is 11.6 Å². The molecule has 1 aromatic heterocycles. The first-order chi connectivity index (χ1) is 12.1. The van der Waals surface area contributed by atoms with Gasteiger partial charge in [-0.2, -0.15) is 0 Å². The van der Waals surface area contributed by atoms with Crippen molar-refractivity contribution >= 4 is 28.5 Å². The van der Waals surface area contributed by atoms with E-state index in [0.717, 1.165) is 67.9 Å². The summed E-state index contributed by atoms with van der Waals surface area (Å²) >= 11 is 6.37. The summed E-state index contributed by atoms with van der Waals surface area (Å²) in [5.74, 6) is -0.0130. The van der Waals surface area contributed by atoms with E-state index in [-0.39, 0.29) is 23.3 Å². The Labute approximate surface area is 151 Å². The molecule has 1 heterocycles. The molecule has 4 rings (SSSR count). The van der Waals surface area contributed by atoms with Gasteiger partial charge in [-0.3, -0.25) is 4.79 Å². The molecule has 2 aliphatic carbocycles. The zero-order valence-corrected chi connectivity index (χ0v) is 14.9. The number of esters is 1. The van der Waals surface area contributed by atoms with Crippen molar-refractivity contribution in [3.63, 3.8) is 0 Å². The van der Waals surface area contributed by atoms with Gasteiger partial charge in [-0.15, -0.1) is 0 Å². The van der Waals surface area contributed by atoms with Crippen molar-refractivity contribution in [1.29, 1.82) is 0 Å². The Morgan fingerprint density at radius 2 is 1.76 bits per heavy atom. The molecule has 0 saturated heterocycles. The Morgan fingerprint density at radius 3 is 2.52 bits per heavy atom. The number of hydrogen-bond donors (Lipinski definition) is 0. The third kappa shape index (κ3) is 3.20. The van der Waals surface area contributed by atoms with Crippen molar-refractivity contribution in [2.75, 3.05) is 0 Å². The van der Waals surface area contributed by atoms with Gasteiger partial charge >= 0.3 is 11.6 Å². The molecule has 1 aromatic carbocycles. The van der Waals surface area contributed by atoms with E-state index in [0.29, 0.717) is 10.6 Å². The fraction of sp³-hybridized carbons (Fsp3) is 0.500. The Balaban J connectivity index is 1.70. The number of rotatable bonds is 2. The molecule has 0 atom stereocenters. The molecule has 1 fully saturated rings. The maximum absolute atomic E-state index is 12.4. The van der Waals surface area contributed by atoms with E-state index < -0.39 is 0 Å². The number of fused-ring (bicyclic) bond motifs is 3. The van der Waals surface area contributed by atoms with Crippen LogP contribution in [0, 0.1) is 5.92 Å². The zero-order valence-electron chi connectivity index (χ0n) is 14.1. The second-order valence-electron chi connectivity index (χ2n) is 7.09. The number of aryl methyl sites for hydroxylation is 1. The van der Waals surface area contributed by atoms with Gasteiger partial charge in [0.05, 0.1) is 10.9 Å². The van der Waals surface area contributed by atoms with Crippen LogP contribution in [0.1, 0.15) is 56.1 Å². The van der Waals surface area contributed by atoms with Gasteiger partial charge in [0.1, 0.15) is 5.58 Å². The lowest BCUT2D eigenvalue weighted by Gasteiger charge is -2.20. The quantitative estimate of drug-likeness (QED) is 0.438. The second kappa shape index (κ2) is 6.83. The number of hydrogen-bond acceptors (Lipinski definition) is 4.